The van der Waals surface area contributed by atoms with E-state index < -0.39 is 10.0 Å². The van der Waals surface area contributed by atoms with Crippen LogP contribution in [0.3, 0.4) is 0 Å². The van der Waals surface area contributed by atoms with Gasteiger partial charge in [-0.05, 0) is 25.0 Å². The van der Waals surface area contributed by atoms with Gasteiger partial charge in [0.2, 0.25) is 15.9 Å². The SMILES string of the molecule is CS(=O)(=O)N1CCC(C(=O)OCc2nnc(-c3ccccc3)o2)CC1. The molecule has 1 aromatic heterocycles. The largest absolute Gasteiger partial charge is 0.455 e. The number of carbonyl (C=O) groups is 1. The fourth-order valence-corrected chi connectivity index (χ4v) is 3.56. The first-order chi connectivity index (χ1) is 11.9. The highest BCUT2D eigenvalue weighted by Gasteiger charge is 2.30. The van der Waals surface area contributed by atoms with E-state index in [1.54, 1.807) is 0 Å². The minimum absolute atomic E-state index is 0.0923. The Morgan fingerprint density at radius 1 is 1.24 bits per heavy atom. The Labute approximate surface area is 145 Å². The van der Waals surface area contributed by atoms with E-state index in [4.69, 9.17) is 9.15 Å². The lowest BCUT2D eigenvalue weighted by Crippen LogP contribution is -2.40. The van der Waals surface area contributed by atoms with Crippen LogP contribution in [0.2, 0.25) is 0 Å². The molecule has 1 aromatic carbocycles. The van der Waals surface area contributed by atoms with Crippen molar-refractivity contribution in [1.82, 2.24) is 14.5 Å². The normalized spacial score (nSPS) is 16.7. The quantitative estimate of drug-likeness (QED) is 0.739. The Balaban J connectivity index is 1.51. The molecule has 9 heteroatoms. The van der Waals surface area contributed by atoms with Gasteiger partial charge in [-0.2, -0.15) is 0 Å². The second-order valence-electron chi connectivity index (χ2n) is 5.91. The molecule has 1 fully saturated rings. The number of ether oxygens (including phenoxy) is 1. The number of sulfonamides is 1. The summed E-state index contributed by atoms with van der Waals surface area (Å²) in [4.78, 5) is 12.1. The van der Waals surface area contributed by atoms with Crippen molar-refractivity contribution in [3.8, 4) is 11.5 Å². The van der Waals surface area contributed by atoms with Crippen LogP contribution in [-0.4, -0.2) is 48.2 Å². The molecule has 1 aliphatic heterocycles. The fraction of sp³-hybridized carbons (Fsp3) is 0.438. The molecule has 0 bridgehead atoms. The van der Waals surface area contributed by atoms with Gasteiger partial charge in [-0.15, -0.1) is 10.2 Å². The summed E-state index contributed by atoms with van der Waals surface area (Å²) in [5.41, 5.74) is 0.792. The van der Waals surface area contributed by atoms with E-state index >= 15 is 0 Å². The van der Waals surface area contributed by atoms with Gasteiger partial charge in [-0.1, -0.05) is 18.2 Å². The number of carbonyl (C=O) groups excluding carboxylic acids is 1. The van der Waals surface area contributed by atoms with Crippen LogP contribution >= 0.6 is 0 Å². The Kier molecular flexibility index (Phi) is 5.14. The predicted octanol–water partition coefficient (Wildman–Crippen LogP) is 1.45. The smallest absolute Gasteiger partial charge is 0.309 e. The van der Waals surface area contributed by atoms with Crippen molar-refractivity contribution in [3.63, 3.8) is 0 Å². The summed E-state index contributed by atoms with van der Waals surface area (Å²) < 4.78 is 35.0. The maximum Gasteiger partial charge on any atom is 0.309 e. The van der Waals surface area contributed by atoms with Gasteiger partial charge in [0, 0.05) is 18.7 Å². The monoisotopic (exact) mass is 365 g/mol. The van der Waals surface area contributed by atoms with Crippen molar-refractivity contribution in [2.45, 2.75) is 19.4 Å². The van der Waals surface area contributed by atoms with E-state index in [1.807, 2.05) is 30.3 Å². The zero-order valence-corrected chi connectivity index (χ0v) is 14.6. The molecule has 8 nitrogen and oxygen atoms in total. The van der Waals surface area contributed by atoms with Gasteiger partial charge < -0.3 is 9.15 Å². The van der Waals surface area contributed by atoms with Gasteiger partial charge in [0.1, 0.15) is 0 Å². The number of hydrogen-bond donors (Lipinski definition) is 0. The molecule has 0 atom stereocenters. The van der Waals surface area contributed by atoms with Crippen molar-refractivity contribution < 1.29 is 22.4 Å². The predicted molar refractivity (Wildman–Crippen MR) is 88.7 cm³/mol. The molecule has 0 aliphatic carbocycles. The van der Waals surface area contributed by atoms with Gasteiger partial charge in [0.15, 0.2) is 6.61 Å². The summed E-state index contributed by atoms with van der Waals surface area (Å²) in [6.07, 6.45) is 2.07. The van der Waals surface area contributed by atoms with E-state index in [2.05, 4.69) is 10.2 Å². The number of esters is 1. The van der Waals surface area contributed by atoms with Gasteiger partial charge in [-0.3, -0.25) is 4.79 Å². The topological polar surface area (TPSA) is 103 Å². The van der Waals surface area contributed by atoms with E-state index in [0.29, 0.717) is 31.8 Å². The van der Waals surface area contributed by atoms with Crippen LogP contribution in [0, 0.1) is 5.92 Å². The van der Waals surface area contributed by atoms with Crippen molar-refractivity contribution in [1.29, 1.82) is 0 Å². The molecule has 2 heterocycles. The zero-order valence-electron chi connectivity index (χ0n) is 13.8. The molecule has 0 spiro atoms. The van der Waals surface area contributed by atoms with Gasteiger partial charge in [-0.25, -0.2) is 12.7 Å². The second-order valence-corrected chi connectivity index (χ2v) is 7.89. The number of piperidine rings is 1. The third kappa shape index (κ3) is 4.43. The first-order valence-corrected chi connectivity index (χ1v) is 9.78. The summed E-state index contributed by atoms with van der Waals surface area (Å²) in [6, 6.07) is 9.31. The lowest BCUT2D eigenvalue weighted by molar-refractivity contribution is -0.151. The minimum Gasteiger partial charge on any atom is -0.455 e. The van der Waals surface area contributed by atoms with Crippen LogP contribution in [0.5, 0.6) is 0 Å². The number of aromatic nitrogens is 2. The molecule has 0 unspecified atom stereocenters. The molecule has 25 heavy (non-hydrogen) atoms. The van der Waals surface area contributed by atoms with Crippen LogP contribution in [0.25, 0.3) is 11.5 Å². The summed E-state index contributed by atoms with van der Waals surface area (Å²) in [5.74, 6) is -0.0870. The maximum absolute atomic E-state index is 12.1. The number of hydrogen-bond acceptors (Lipinski definition) is 7. The van der Waals surface area contributed by atoms with E-state index in [-0.39, 0.29) is 24.4 Å². The highest BCUT2D eigenvalue weighted by Crippen LogP contribution is 2.21. The summed E-state index contributed by atoms with van der Waals surface area (Å²) >= 11 is 0. The molecule has 3 rings (SSSR count). The average Bonchev–Trinajstić information content (AvgIpc) is 3.09. The lowest BCUT2D eigenvalue weighted by atomic mass is 9.98. The zero-order chi connectivity index (χ0) is 17.9. The van der Waals surface area contributed by atoms with Crippen molar-refractivity contribution in [2.24, 2.45) is 5.92 Å². The Morgan fingerprint density at radius 2 is 1.92 bits per heavy atom. The lowest BCUT2D eigenvalue weighted by Gasteiger charge is -2.28. The van der Waals surface area contributed by atoms with E-state index in [9.17, 15) is 13.2 Å². The molecule has 0 saturated carbocycles. The average molecular weight is 365 g/mol. The molecule has 1 saturated heterocycles. The van der Waals surface area contributed by atoms with Gasteiger partial charge in [0.05, 0.1) is 12.2 Å². The third-order valence-electron chi connectivity index (χ3n) is 4.08. The van der Waals surface area contributed by atoms with Crippen LogP contribution in [0.15, 0.2) is 34.7 Å². The van der Waals surface area contributed by atoms with E-state index in [0.717, 1.165) is 5.56 Å². The third-order valence-corrected chi connectivity index (χ3v) is 5.38. The summed E-state index contributed by atoms with van der Waals surface area (Å²) in [5, 5.41) is 7.81. The minimum atomic E-state index is -3.21. The molecule has 0 N–H and O–H groups in total. The second kappa shape index (κ2) is 7.32. The fourth-order valence-electron chi connectivity index (χ4n) is 2.68. The first-order valence-electron chi connectivity index (χ1n) is 7.93. The van der Waals surface area contributed by atoms with Crippen LogP contribution in [-0.2, 0) is 26.2 Å². The van der Waals surface area contributed by atoms with Crippen LogP contribution in [0.4, 0.5) is 0 Å². The highest BCUT2D eigenvalue weighted by molar-refractivity contribution is 7.88. The molecular formula is C16H19N3O5S. The van der Waals surface area contributed by atoms with E-state index in [1.165, 1.54) is 10.6 Å². The van der Waals surface area contributed by atoms with Gasteiger partial charge in [0.25, 0.3) is 5.89 Å². The number of benzene rings is 1. The Bertz CT molecular complexity index is 826. The van der Waals surface area contributed by atoms with Crippen molar-refractivity contribution in [3.05, 3.63) is 36.2 Å². The van der Waals surface area contributed by atoms with Crippen LogP contribution < -0.4 is 0 Å². The molecule has 0 amide bonds. The Morgan fingerprint density at radius 3 is 2.56 bits per heavy atom. The standard InChI is InChI=1S/C16H19N3O5S/c1-25(21,22)19-9-7-13(8-10-19)16(20)23-11-14-17-18-15(24-14)12-5-3-2-4-6-12/h2-6,13H,7-11H2,1H3. The van der Waals surface area contributed by atoms with Crippen molar-refractivity contribution in [2.75, 3.05) is 19.3 Å². The Hall–Kier alpha value is -2.26. The maximum atomic E-state index is 12.1. The summed E-state index contributed by atoms with van der Waals surface area (Å²) in [7, 11) is -3.21. The highest BCUT2D eigenvalue weighted by atomic mass is 32.2. The molecular weight excluding hydrogens is 346 g/mol. The molecule has 134 valence electrons. The summed E-state index contributed by atoms with van der Waals surface area (Å²) in [6.45, 7) is 0.569. The number of rotatable bonds is 5. The van der Waals surface area contributed by atoms with Crippen LogP contribution in [0.1, 0.15) is 18.7 Å². The molecule has 0 radical (unpaired) electrons. The molecule has 1 aliphatic rings. The molecule has 2 aromatic rings. The first kappa shape index (κ1) is 17.6. The van der Waals surface area contributed by atoms with Crippen molar-refractivity contribution >= 4 is 16.0 Å². The van der Waals surface area contributed by atoms with Gasteiger partial charge >= 0.3 is 5.97 Å². The number of nitrogens with zero attached hydrogens (tertiary/aromatic N) is 3.